The Balaban J connectivity index is 1.77. The van der Waals surface area contributed by atoms with Crippen LogP contribution in [0.5, 0.6) is 0 Å². The fourth-order valence-electron chi connectivity index (χ4n) is 2.77. The van der Waals surface area contributed by atoms with Gasteiger partial charge < -0.3 is 14.8 Å². The van der Waals surface area contributed by atoms with Gasteiger partial charge in [-0.2, -0.15) is 0 Å². The van der Waals surface area contributed by atoms with Crippen LogP contribution in [0.15, 0.2) is 0 Å². The third-order valence-corrected chi connectivity index (χ3v) is 3.37. The second-order valence-electron chi connectivity index (χ2n) is 6.45. The van der Waals surface area contributed by atoms with Crippen molar-refractivity contribution in [1.82, 2.24) is 5.32 Å². The maximum atomic E-state index is 11.6. The Morgan fingerprint density at radius 3 is 2.22 bits per heavy atom. The van der Waals surface area contributed by atoms with Gasteiger partial charge in [0.2, 0.25) is 0 Å². The van der Waals surface area contributed by atoms with Gasteiger partial charge in [-0.25, -0.2) is 4.79 Å². The molecule has 3 rings (SSSR count). The van der Waals surface area contributed by atoms with Crippen LogP contribution in [-0.4, -0.2) is 28.8 Å². The first-order valence-corrected chi connectivity index (χ1v) is 6.41. The fourth-order valence-corrected chi connectivity index (χ4v) is 2.77. The molecule has 1 N–H and O–H groups in total. The third kappa shape index (κ3) is 2.44. The second-order valence-corrected chi connectivity index (χ2v) is 6.45. The summed E-state index contributed by atoms with van der Waals surface area (Å²) in [5.74, 6) is -0.166. The van der Waals surface area contributed by atoms with Gasteiger partial charge in [-0.15, -0.1) is 0 Å². The number of carbonyl (C=O) groups excluding carboxylic acids is 2. The van der Waals surface area contributed by atoms with Gasteiger partial charge in [0.1, 0.15) is 11.2 Å². The zero-order valence-corrected chi connectivity index (χ0v) is 11.5. The van der Waals surface area contributed by atoms with Gasteiger partial charge in [0, 0.05) is 25.7 Å². The molecule has 5 heteroatoms. The summed E-state index contributed by atoms with van der Waals surface area (Å²) in [5, 5.41) is 2.88. The van der Waals surface area contributed by atoms with Crippen molar-refractivity contribution in [2.45, 2.75) is 70.1 Å². The van der Waals surface area contributed by atoms with Gasteiger partial charge in [0.15, 0.2) is 0 Å². The molecule has 2 bridgehead atoms. The second kappa shape index (κ2) is 3.87. The van der Waals surface area contributed by atoms with E-state index < -0.39 is 11.7 Å². The van der Waals surface area contributed by atoms with E-state index in [1.165, 1.54) is 0 Å². The summed E-state index contributed by atoms with van der Waals surface area (Å²) >= 11 is 0. The lowest BCUT2D eigenvalue weighted by Crippen LogP contribution is -2.79. The molecule has 0 aromatic carbocycles. The summed E-state index contributed by atoms with van der Waals surface area (Å²) in [7, 11) is 0. The Labute approximate surface area is 107 Å². The summed E-state index contributed by atoms with van der Waals surface area (Å²) in [6.45, 7) is 7.28. The van der Waals surface area contributed by atoms with Crippen molar-refractivity contribution in [3.05, 3.63) is 0 Å². The average molecular weight is 255 g/mol. The molecule has 0 aromatic heterocycles. The van der Waals surface area contributed by atoms with E-state index >= 15 is 0 Å². The maximum absolute atomic E-state index is 11.6. The van der Waals surface area contributed by atoms with Crippen LogP contribution in [-0.2, 0) is 14.3 Å². The van der Waals surface area contributed by atoms with E-state index in [2.05, 4.69) is 5.32 Å². The first kappa shape index (κ1) is 13.2. The number of hydrogen-bond acceptors (Lipinski definition) is 4. The summed E-state index contributed by atoms with van der Waals surface area (Å²) in [5.41, 5.74) is -0.988. The van der Waals surface area contributed by atoms with Crippen LogP contribution in [0.1, 0.15) is 53.4 Å². The first-order chi connectivity index (χ1) is 8.18. The molecule has 3 aliphatic carbocycles. The average Bonchev–Trinajstić information content (AvgIpc) is 2.09. The molecule has 5 nitrogen and oxygen atoms in total. The topological polar surface area (TPSA) is 64.6 Å². The SMILES string of the molecule is CCC(=O)OC12CC(NC(=O)OC(C)(C)C)(C1)C2. The lowest BCUT2D eigenvalue weighted by atomic mass is 9.46. The molecule has 3 aliphatic rings. The molecule has 1 amide bonds. The van der Waals surface area contributed by atoms with Crippen LogP contribution in [0.25, 0.3) is 0 Å². The van der Waals surface area contributed by atoms with Crippen LogP contribution < -0.4 is 5.32 Å². The number of nitrogens with one attached hydrogen (secondary N) is 1. The molecule has 0 aliphatic heterocycles. The molecule has 0 radical (unpaired) electrons. The minimum Gasteiger partial charge on any atom is -0.459 e. The van der Waals surface area contributed by atoms with Crippen LogP contribution in [0.2, 0.25) is 0 Å². The molecule has 0 spiro atoms. The third-order valence-electron chi connectivity index (χ3n) is 3.37. The van der Waals surface area contributed by atoms with Crippen LogP contribution in [0.4, 0.5) is 4.79 Å². The number of rotatable bonds is 3. The highest BCUT2D eigenvalue weighted by Gasteiger charge is 2.71. The fraction of sp³-hybridized carbons (Fsp3) is 0.846. The Morgan fingerprint density at radius 1 is 1.22 bits per heavy atom. The maximum Gasteiger partial charge on any atom is 0.408 e. The molecule has 0 atom stereocenters. The van der Waals surface area contributed by atoms with Gasteiger partial charge >= 0.3 is 12.1 Å². The number of ether oxygens (including phenoxy) is 2. The van der Waals surface area contributed by atoms with Gasteiger partial charge in [-0.05, 0) is 20.8 Å². The van der Waals surface area contributed by atoms with E-state index in [1.807, 2.05) is 20.8 Å². The number of carbonyl (C=O) groups is 2. The van der Waals surface area contributed by atoms with Crippen LogP contribution in [0.3, 0.4) is 0 Å². The molecule has 0 saturated heterocycles. The van der Waals surface area contributed by atoms with E-state index in [0.717, 1.165) is 0 Å². The first-order valence-electron chi connectivity index (χ1n) is 6.41. The van der Waals surface area contributed by atoms with Crippen molar-refractivity contribution in [2.24, 2.45) is 0 Å². The zero-order valence-electron chi connectivity index (χ0n) is 11.5. The van der Waals surface area contributed by atoms with Crippen molar-refractivity contribution in [3.8, 4) is 0 Å². The van der Waals surface area contributed by atoms with E-state index in [-0.39, 0.29) is 17.1 Å². The molecule has 102 valence electrons. The van der Waals surface area contributed by atoms with Gasteiger partial charge in [0.25, 0.3) is 0 Å². The highest BCUT2D eigenvalue weighted by atomic mass is 16.6. The lowest BCUT2D eigenvalue weighted by Gasteiger charge is -2.68. The number of hydrogen-bond donors (Lipinski definition) is 1. The van der Waals surface area contributed by atoms with E-state index in [4.69, 9.17) is 9.47 Å². The number of amides is 1. The van der Waals surface area contributed by atoms with E-state index in [0.29, 0.717) is 25.7 Å². The quantitative estimate of drug-likeness (QED) is 0.785. The Morgan fingerprint density at radius 2 is 1.78 bits per heavy atom. The van der Waals surface area contributed by atoms with Crippen molar-refractivity contribution >= 4 is 12.1 Å². The largest absolute Gasteiger partial charge is 0.459 e. The smallest absolute Gasteiger partial charge is 0.408 e. The summed E-state index contributed by atoms with van der Waals surface area (Å²) in [4.78, 5) is 22.9. The minimum atomic E-state index is -0.486. The van der Waals surface area contributed by atoms with Gasteiger partial charge in [0.05, 0.1) is 5.54 Å². The molecular weight excluding hydrogens is 234 g/mol. The summed E-state index contributed by atoms with van der Waals surface area (Å²) in [6, 6.07) is 0. The van der Waals surface area contributed by atoms with Crippen molar-refractivity contribution in [3.63, 3.8) is 0 Å². The number of alkyl carbamates (subject to hydrolysis) is 1. The standard InChI is InChI=1S/C13H21NO4/c1-5-9(15)17-13-6-12(7-13,8-13)14-10(16)18-11(2,3)4/h5-8H2,1-4H3,(H,14,16). The van der Waals surface area contributed by atoms with Crippen molar-refractivity contribution in [1.29, 1.82) is 0 Å². The minimum absolute atomic E-state index is 0.166. The lowest BCUT2D eigenvalue weighted by molar-refractivity contribution is -0.241. The Bertz CT molecular complexity index is 363. The molecule has 3 saturated carbocycles. The molecular formula is C13H21NO4. The molecule has 3 fully saturated rings. The van der Waals surface area contributed by atoms with E-state index in [9.17, 15) is 9.59 Å². The van der Waals surface area contributed by atoms with Gasteiger partial charge in [-0.3, -0.25) is 4.79 Å². The van der Waals surface area contributed by atoms with Crippen LogP contribution >= 0.6 is 0 Å². The predicted octanol–water partition coefficient (Wildman–Crippen LogP) is 2.14. The highest BCUT2D eigenvalue weighted by molar-refractivity contribution is 5.72. The van der Waals surface area contributed by atoms with Gasteiger partial charge in [-0.1, -0.05) is 6.92 Å². The molecule has 0 unspecified atom stereocenters. The predicted molar refractivity (Wildman–Crippen MR) is 65.1 cm³/mol. The zero-order chi connectivity index (χ0) is 13.6. The van der Waals surface area contributed by atoms with Crippen LogP contribution in [0, 0.1) is 0 Å². The van der Waals surface area contributed by atoms with E-state index in [1.54, 1.807) is 6.92 Å². The Kier molecular flexibility index (Phi) is 2.83. The monoisotopic (exact) mass is 255 g/mol. The normalized spacial score (nSPS) is 32.9. The molecule has 0 aromatic rings. The highest BCUT2D eigenvalue weighted by Crippen LogP contribution is 2.62. The molecule has 18 heavy (non-hydrogen) atoms. The number of esters is 1. The molecule has 0 heterocycles. The van der Waals surface area contributed by atoms with Crippen molar-refractivity contribution < 1.29 is 19.1 Å². The van der Waals surface area contributed by atoms with Crippen molar-refractivity contribution in [2.75, 3.05) is 0 Å². The summed E-state index contributed by atoms with van der Waals surface area (Å²) in [6.07, 6.45) is 2.15. The summed E-state index contributed by atoms with van der Waals surface area (Å²) < 4.78 is 10.6. The Hall–Kier alpha value is -1.26.